The lowest BCUT2D eigenvalue weighted by Crippen LogP contribution is -2.02. The van der Waals surface area contributed by atoms with E-state index in [0.29, 0.717) is 22.9 Å². The third-order valence-corrected chi connectivity index (χ3v) is 2.11. The summed E-state index contributed by atoms with van der Waals surface area (Å²) in [7, 11) is 1.33. The molecule has 15 heavy (non-hydrogen) atoms. The number of ether oxygens (including phenoxy) is 2. The molecule has 0 aliphatic heterocycles. The minimum atomic E-state index is -0.404. The zero-order chi connectivity index (χ0) is 11.3. The van der Waals surface area contributed by atoms with Gasteiger partial charge in [0.2, 0.25) is 0 Å². The van der Waals surface area contributed by atoms with Crippen molar-refractivity contribution in [3.05, 3.63) is 28.8 Å². The molecule has 1 aromatic rings. The van der Waals surface area contributed by atoms with Gasteiger partial charge in [0, 0.05) is 0 Å². The zero-order valence-electron chi connectivity index (χ0n) is 8.75. The first-order chi connectivity index (χ1) is 7.19. The maximum atomic E-state index is 11.2. The van der Waals surface area contributed by atoms with Gasteiger partial charge in [0.25, 0.3) is 0 Å². The van der Waals surface area contributed by atoms with Crippen molar-refractivity contribution in [1.82, 2.24) is 0 Å². The Labute approximate surface area is 93.9 Å². The zero-order valence-corrected chi connectivity index (χ0v) is 9.50. The van der Waals surface area contributed by atoms with E-state index in [0.717, 1.165) is 6.42 Å². The Morgan fingerprint density at radius 2 is 2.20 bits per heavy atom. The second-order valence-corrected chi connectivity index (χ2v) is 3.39. The quantitative estimate of drug-likeness (QED) is 0.744. The molecule has 4 heteroatoms. The largest absolute Gasteiger partial charge is 0.492 e. The average Bonchev–Trinajstić information content (AvgIpc) is 2.26. The van der Waals surface area contributed by atoms with E-state index in [9.17, 15) is 4.79 Å². The second-order valence-electron chi connectivity index (χ2n) is 2.99. The summed E-state index contributed by atoms with van der Waals surface area (Å²) in [5, 5.41) is 0.423. The Hall–Kier alpha value is -1.22. The summed E-state index contributed by atoms with van der Waals surface area (Å²) in [5.41, 5.74) is 0.423. The van der Waals surface area contributed by atoms with Crippen LogP contribution in [-0.4, -0.2) is 19.7 Å². The van der Waals surface area contributed by atoms with Crippen LogP contribution in [0.3, 0.4) is 0 Å². The molecule has 0 amide bonds. The van der Waals surface area contributed by atoms with Crippen molar-refractivity contribution in [1.29, 1.82) is 0 Å². The number of carbonyl (C=O) groups is 1. The molecular formula is C11H13ClO3. The first-order valence-electron chi connectivity index (χ1n) is 4.69. The molecule has 3 nitrogen and oxygen atoms in total. The number of hydrogen-bond donors (Lipinski definition) is 0. The average molecular weight is 229 g/mol. The molecule has 0 saturated heterocycles. The monoisotopic (exact) mass is 228 g/mol. The number of rotatable bonds is 4. The predicted octanol–water partition coefficient (Wildman–Crippen LogP) is 2.92. The van der Waals surface area contributed by atoms with Crippen LogP contribution in [0.1, 0.15) is 23.7 Å². The van der Waals surface area contributed by atoms with Gasteiger partial charge >= 0.3 is 5.97 Å². The third kappa shape index (κ3) is 3.13. The lowest BCUT2D eigenvalue weighted by Gasteiger charge is -2.07. The Morgan fingerprint density at radius 1 is 1.47 bits per heavy atom. The second kappa shape index (κ2) is 5.61. The van der Waals surface area contributed by atoms with Crippen molar-refractivity contribution in [3.63, 3.8) is 0 Å². The molecule has 0 spiro atoms. The number of halogens is 1. The summed E-state index contributed by atoms with van der Waals surface area (Å²) in [6, 6.07) is 4.84. The van der Waals surface area contributed by atoms with E-state index in [1.165, 1.54) is 7.11 Å². The van der Waals surface area contributed by atoms with Gasteiger partial charge in [0.05, 0.1) is 24.3 Å². The molecule has 82 valence electrons. The molecule has 0 atom stereocenters. The van der Waals surface area contributed by atoms with Crippen molar-refractivity contribution in [2.24, 2.45) is 0 Å². The fourth-order valence-electron chi connectivity index (χ4n) is 1.07. The van der Waals surface area contributed by atoms with Gasteiger partial charge < -0.3 is 9.47 Å². The van der Waals surface area contributed by atoms with Gasteiger partial charge in [-0.2, -0.15) is 0 Å². The van der Waals surface area contributed by atoms with E-state index in [-0.39, 0.29) is 0 Å². The molecule has 0 radical (unpaired) electrons. The van der Waals surface area contributed by atoms with Gasteiger partial charge in [0.15, 0.2) is 0 Å². The van der Waals surface area contributed by atoms with Crippen molar-refractivity contribution in [2.75, 3.05) is 13.7 Å². The van der Waals surface area contributed by atoms with Crippen molar-refractivity contribution in [3.8, 4) is 5.75 Å². The Kier molecular flexibility index (Phi) is 4.43. The molecule has 0 aliphatic carbocycles. The van der Waals surface area contributed by atoms with E-state index in [2.05, 4.69) is 4.74 Å². The molecule has 0 N–H and O–H groups in total. The lowest BCUT2D eigenvalue weighted by atomic mass is 10.2. The standard InChI is InChI=1S/C11H13ClO3/c1-3-6-15-10-5-4-8(7-9(10)12)11(13)14-2/h4-5,7H,3,6H2,1-2H3. The van der Waals surface area contributed by atoms with Crippen LogP contribution < -0.4 is 4.74 Å². The first-order valence-corrected chi connectivity index (χ1v) is 5.07. The SMILES string of the molecule is CCCOc1ccc(C(=O)OC)cc1Cl. The van der Waals surface area contributed by atoms with Gasteiger partial charge in [-0.3, -0.25) is 0 Å². The molecule has 0 fully saturated rings. The molecule has 0 heterocycles. The lowest BCUT2D eigenvalue weighted by molar-refractivity contribution is 0.0600. The van der Waals surface area contributed by atoms with Crippen molar-refractivity contribution >= 4 is 17.6 Å². The van der Waals surface area contributed by atoms with Crippen LogP contribution in [0.4, 0.5) is 0 Å². The highest BCUT2D eigenvalue weighted by molar-refractivity contribution is 6.32. The summed E-state index contributed by atoms with van der Waals surface area (Å²) >= 11 is 5.93. The van der Waals surface area contributed by atoms with Crippen molar-refractivity contribution < 1.29 is 14.3 Å². The van der Waals surface area contributed by atoms with Gasteiger partial charge in [-0.15, -0.1) is 0 Å². The minimum absolute atomic E-state index is 0.404. The highest BCUT2D eigenvalue weighted by Gasteiger charge is 2.08. The van der Waals surface area contributed by atoms with E-state index >= 15 is 0 Å². The summed E-state index contributed by atoms with van der Waals surface area (Å²) in [4.78, 5) is 11.2. The number of esters is 1. The van der Waals surface area contributed by atoms with Gasteiger partial charge in [-0.25, -0.2) is 4.79 Å². The van der Waals surface area contributed by atoms with E-state index in [1.807, 2.05) is 6.92 Å². The number of hydrogen-bond acceptors (Lipinski definition) is 3. The van der Waals surface area contributed by atoms with Crippen LogP contribution in [0, 0.1) is 0 Å². The van der Waals surface area contributed by atoms with Crippen molar-refractivity contribution in [2.45, 2.75) is 13.3 Å². The van der Waals surface area contributed by atoms with Crippen LogP contribution in [-0.2, 0) is 4.74 Å². The fourth-order valence-corrected chi connectivity index (χ4v) is 1.31. The predicted molar refractivity (Wildman–Crippen MR) is 58.6 cm³/mol. The summed E-state index contributed by atoms with van der Waals surface area (Å²) in [6.07, 6.45) is 0.912. The topological polar surface area (TPSA) is 35.5 Å². The highest BCUT2D eigenvalue weighted by atomic mass is 35.5. The fraction of sp³-hybridized carbons (Fsp3) is 0.364. The van der Waals surface area contributed by atoms with Crippen LogP contribution in [0.25, 0.3) is 0 Å². The molecule has 1 aromatic carbocycles. The van der Waals surface area contributed by atoms with Gasteiger partial charge in [0.1, 0.15) is 5.75 Å². The summed E-state index contributed by atoms with van der Waals surface area (Å²) < 4.78 is 9.94. The molecule has 0 saturated carbocycles. The first kappa shape index (κ1) is 11.9. The summed E-state index contributed by atoms with van der Waals surface area (Å²) in [6.45, 7) is 2.62. The molecule has 0 aliphatic rings. The number of benzene rings is 1. The maximum absolute atomic E-state index is 11.2. The number of carbonyl (C=O) groups excluding carboxylic acids is 1. The number of methoxy groups -OCH3 is 1. The van der Waals surface area contributed by atoms with Crippen LogP contribution >= 0.6 is 11.6 Å². The maximum Gasteiger partial charge on any atom is 0.337 e. The Morgan fingerprint density at radius 3 is 2.73 bits per heavy atom. The summed E-state index contributed by atoms with van der Waals surface area (Å²) in [5.74, 6) is 0.185. The smallest absolute Gasteiger partial charge is 0.337 e. The normalized spacial score (nSPS) is 9.80. The van der Waals surface area contributed by atoms with Crippen LogP contribution in [0.2, 0.25) is 5.02 Å². The van der Waals surface area contributed by atoms with Crippen LogP contribution in [0.5, 0.6) is 5.75 Å². The highest BCUT2D eigenvalue weighted by Crippen LogP contribution is 2.25. The van der Waals surface area contributed by atoms with E-state index in [4.69, 9.17) is 16.3 Å². The van der Waals surface area contributed by atoms with Crippen LogP contribution in [0.15, 0.2) is 18.2 Å². The molecular weight excluding hydrogens is 216 g/mol. The molecule has 0 unspecified atom stereocenters. The van der Waals surface area contributed by atoms with E-state index < -0.39 is 5.97 Å². The van der Waals surface area contributed by atoms with Gasteiger partial charge in [-0.05, 0) is 24.6 Å². The molecule has 1 rings (SSSR count). The molecule has 0 aromatic heterocycles. The third-order valence-electron chi connectivity index (χ3n) is 1.81. The molecule has 0 bridgehead atoms. The van der Waals surface area contributed by atoms with Gasteiger partial charge in [-0.1, -0.05) is 18.5 Å². The Balaban J connectivity index is 2.83. The Bertz CT molecular complexity index is 350. The minimum Gasteiger partial charge on any atom is -0.492 e. The van der Waals surface area contributed by atoms with E-state index in [1.54, 1.807) is 18.2 Å².